The van der Waals surface area contributed by atoms with Crippen molar-refractivity contribution >= 4 is 5.97 Å². The quantitative estimate of drug-likeness (QED) is 0.782. The molecule has 150 valence electrons. The minimum Gasteiger partial charge on any atom is -0.480 e. The minimum absolute atomic E-state index is 0.0300. The van der Waals surface area contributed by atoms with Gasteiger partial charge in [-0.3, -0.25) is 14.6 Å². The molecular formula is C21H28N4O3. The number of ether oxygens (including phenoxy) is 1. The number of likely N-dealkylation sites (N-methyl/N-ethyl adjacent to an activating group) is 1. The van der Waals surface area contributed by atoms with Gasteiger partial charge in [0, 0.05) is 31.9 Å². The number of para-hydroxylation sites is 1. The van der Waals surface area contributed by atoms with E-state index in [2.05, 4.69) is 33.8 Å². The lowest BCUT2D eigenvalue weighted by molar-refractivity contribution is -0.138. The first-order chi connectivity index (χ1) is 13.6. The highest BCUT2D eigenvalue weighted by Gasteiger charge is 2.27. The Balaban J connectivity index is 1.45. The van der Waals surface area contributed by atoms with Gasteiger partial charge in [-0.2, -0.15) is 5.10 Å². The van der Waals surface area contributed by atoms with Crippen LogP contribution in [-0.4, -0.2) is 76.6 Å². The molecule has 1 N–H and O–H groups in total. The highest BCUT2D eigenvalue weighted by Crippen LogP contribution is 2.28. The van der Waals surface area contributed by atoms with E-state index in [0.29, 0.717) is 13.2 Å². The van der Waals surface area contributed by atoms with Crippen molar-refractivity contribution in [3.8, 4) is 5.69 Å². The zero-order valence-electron chi connectivity index (χ0n) is 16.4. The molecule has 1 saturated heterocycles. The third-order valence-corrected chi connectivity index (χ3v) is 5.53. The van der Waals surface area contributed by atoms with Gasteiger partial charge < -0.3 is 9.84 Å². The summed E-state index contributed by atoms with van der Waals surface area (Å²) in [6.45, 7) is 3.84. The predicted octanol–water partition coefficient (Wildman–Crippen LogP) is 1.58. The minimum atomic E-state index is -0.808. The molecule has 1 aliphatic heterocycles. The zero-order chi connectivity index (χ0) is 19.5. The summed E-state index contributed by atoms with van der Waals surface area (Å²) in [6.07, 6.45) is 3.41. The Hall–Kier alpha value is -2.22. The number of aromatic nitrogens is 2. The highest BCUT2D eigenvalue weighted by atomic mass is 16.5. The summed E-state index contributed by atoms with van der Waals surface area (Å²) in [6, 6.07) is 10.4. The van der Waals surface area contributed by atoms with Crippen LogP contribution in [-0.2, 0) is 28.9 Å². The number of aliphatic carboxylic acids is 1. The van der Waals surface area contributed by atoms with E-state index in [1.807, 2.05) is 13.1 Å². The number of carboxylic acid groups (broad SMARTS) is 1. The fourth-order valence-electron chi connectivity index (χ4n) is 4.31. The van der Waals surface area contributed by atoms with E-state index >= 15 is 0 Å². The number of carbonyl (C=O) groups is 1. The molecule has 1 fully saturated rings. The highest BCUT2D eigenvalue weighted by molar-refractivity contribution is 5.69. The standard InChI is InChI=1S/C21H28N4O3/c1-23(15-21(26)27)12-17-13-24(10-11-28-17)14-19-18-8-5-9-20(18)25(22-19)16-6-3-2-4-7-16/h2-4,6-7,17H,5,8-15H2,1H3,(H,26,27). The maximum atomic E-state index is 10.9. The molecule has 1 aromatic heterocycles. The molecule has 1 atom stereocenters. The number of rotatable bonds is 7. The van der Waals surface area contributed by atoms with Gasteiger partial charge in [0.2, 0.25) is 0 Å². The summed E-state index contributed by atoms with van der Waals surface area (Å²) < 4.78 is 7.98. The van der Waals surface area contributed by atoms with Crippen LogP contribution in [0.15, 0.2) is 30.3 Å². The van der Waals surface area contributed by atoms with Crippen molar-refractivity contribution in [1.82, 2.24) is 19.6 Å². The molecule has 2 heterocycles. The molecule has 1 unspecified atom stereocenters. The maximum Gasteiger partial charge on any atom is 0.317 e. The van der Waals surface area contributed by atoms with Crippen molar-refractivity contribution in [2.45, 2.75) is 31.9 Å². The smallest absolute Gasteiger partial charge is 0.317 e. The first-order valence-corrected chi connectivity index (χ1v) is 9.99. The van der Waals surface area contributed by atoms with Crippen LogP contribution in [0.25, 0.3) is 5.69 Å². The summed E-state index contributed by atoms with van der Waals surface area (Å²) in [5.41, 5.74) is 5.07. The van der Waals surface area contributed by atoms with E-state index in [4.69, 9.17) is 14.9 Å². The average Bonchev–Trinajstić information content (AvgIpc) is 3.26. The topological polar surface area (TPSA) is 70.8 Å². The number of carboxylic acids is 1. The molecule has 1 aliphatic carbocycles. The van der Waals surface area contributed by atoms with Crippen molar-refractivity contribution in [2.75, 3.05) is 39.8 Å². The SMILES string of the molecule is CN(CC(=O)O)CC1CN(Cc2nn(-c3ccccc3)c3c2CCC3)CCO1. The van der Waals surface area contributed by atoms with Crippen LogP contribution in [0.4, 0.5) is 0 Å². The molecule has 0 amide bonds. The first-order valence-electron chi connectivity index (χ1n) is 9.99. The van der Waals surface area contributed by atoms with Crippen molar-refractivity contribution in [2.24, 2.45) is 0 Å². The van der Waals surface area contributed by atoms with Crippen LogP contribution < -0.4 is 0 Å². The van der Waals surface area contributed by atoms with Crippen LogP contribution in [0.1, 0.15) is 23.4 Å². The first kappa shape index (κ1) is 19.1. The van der Waals surface area contributed by atoms with Crippen LogP contribution in [0.2, 0.25) is 0 Å². The van der Waals surface area contributed by atoms with E-state index in [1.165, 1.54) is 23.4 Å². The van der Waals surface area contributed by atoms with Gasteiger partial charge >= 0.3 is 5.97 Å². The molecule has 0 radical (unpaired) electrons. The number of morpholine rings is 1. The number of benzene rings is 1. The van der Waals surface area contributed by atoms with Gasteiger partial charge in [-0.1, -0.05) is 18.2 Å². The lowest BCUT2D eigenvalue weighted by Gasteiger charge is -2.34. The van der Waals surface area contributed by atoms with Gasteiger partial charge in [-0.05, 0) is 44.0 Å². The lowest BCUT2D eigenvalue weighted by Crippen LogP contribution is -2.47. The third kappa shape index (κ3) is 4.27. The van der Waals surface area contributed by atoms with Gasteiger partial charge in [0.05, 0.1) is 30.6 Å². The number of hydrogen-bond acceptors (Lipinski definition) is 5. The average molecular weight is 384 g/mol. The molecule has 7 heteroatoms. The van der Waals surface area contributed by atoms with Gasteiger partial charge in [0.1, 0.15) is 0 Å². The fourth-order valence-corrected chi connectivity index (χ4v) is 4.31. The fraction of sp³-hybridized carbons (Fsp3) is 0.524. The molecule has 28 heavy (non-hydrogen) atoms. The summed E-state index contributed by atoms with van der Waals surface area (Å²) in [4.78, 5) is 15.1. The predicted molar refractivity (Wildman–Crippen MR) is 106 cm³/mol. The Morgan fingerprint density at radius 1 is 1.32 bits per heavy atom. The summed E-state index contributed by atoms with van der Waals surface area (Å²) in [7, 11) is 1.82. The Morgan fingerprint density at radius 3 is 2.93 bits per heavy atom. The lowest BCUT2D eigenvalue weighted by atomic mass is 10.1. The molecule has 0 saturated carbocycles. The second kappa shape index (κ2) is 8.43. The molecule has 7 nitrogen and oxygen atoms in total. The second-order valence-corrected chi connectivity index (χ2v) is 7.79. The second-order valence-electron chi connectivity index (χ2n) is 7.79. The number of fused-ring (bicyclic) bond motifs is 1. The van der Waals surface area contributed by atoms with Crippen molar-refractivity contribution in [3.05, 3.63) is 47.3 Å². The van der Waals surface area contributed by atoms with Gasteiger partial charge in [-0.25, -0.2) is 4.68 Å². The Bertz CT molecular complexity index is 821. The summed E-state index contributed by atoms with van der Waals surface area (Å²) >= 11 is 0. The Labute approximate surface area is 165 Å². The third-order valence-electron chi connectivity index (χ3n) is 5.53. The Morgan fingerprint density at radius 2 is 2.14 bits per heavy atom. The van der Waals surface area contributed by atoms with E-state index in [0.717, 1.165) is 38.2 Å². The maximum absolute atomic E-state index is 10.9. The molecule has 2 aliphatic rings. The zero-order valence-corrected chi connectivity index (χ0v) is 16.4. The largest absolute Gasteiger partial charge is 0.480 e. The molecular weight excluding hydrogens is 356 g/mol. The number of nitrogens with zero attached hydrogens (tertiary/aromatic N) is 4. The van der Waals surface area contributed by atoms with E-state index in [1.54, 1.807) is 4.90 Å². The van der Waals surface area contributed by atoms with E-state index < -0.39 is 5.97 Å². The van der Waals surface area contributed by atoms with Crippen LogP contribution in [0.3, 0.4) is 0 Å². The normalized spacial score (nSPS) is 19.9. The molecule has 1 aromatic carbocycles. The summed E-state index contributed by atoms with van der Waals surface area (Å²) in [5, 5.41) is 13.9. The van der Waals surface area contributed by atoms with E-state index in [-0.39, 0.29) is 12.6 Å². The number of hydrogen-bond donors (Lipinski definition) is 1. The van der Waals surface area contributed by atoms with Gasteiger partial charge in [0.25, 0.3) is 0 Å². The molecule has 0 spiro atoms. The summed E-state index contributed by atoms with van der Waals surface area (Å²) in [5.74, 6) is -0.808. The van der Waals surface area contributed by atoms with Crippen LogP contribution in [0, 0.1) is 0 Å². The molecule has 4 rings (SSSR count). The van der Waals surface area contributed by atoms with Crippen molar-refractivity contribution < 1.29 is 14.6 Å². The Kier molecular flexibility index (Phi) is 5.75. The van der Waals surface area contributed by atoms with Crippen molar-refractivity contribution in [1.29, 1.82) is 0 Å². The molecule has 0 bridgehead atoms. The van der Waals surface area contributed by atoms with Crippen molar-refractivity contribution in [3.63, 3.8) is 0 Å². The van der Waals surface area contributed by atoms with Crippen LogP contribution >= 0.6 is 0 Å². The monoisotopic (exact) mass is 384 g/mol. The van der Waals surface area contributed by atoms with Gasteiger partial charge in [-0.15, -0.1) is 0 Å². The van der Waals surface area contributed by atoms with Gasteiger partial charge in [0.15, 0.2) is 0 Å². The molecule has 2 aromatic rings. The van der Waals surface area contributed by atoms with Crippen LogP contribution in [0.5, 0.6) is 0 Å². The van der Waals surface area contributed by atoms with E-state index in [9.17, 15) is 4.79 Å².